The number of fused-ring (bicyclic) bond motifs is 1. The number of carbonyl (C=O) groups excluding carboxylic acids is 1. The first-order valence-corrected chi connectivity index (χ1v) is 10.4. The number of aromatic nitrogens is 3. The number of carbonyl (C=O) groups is 1. The Morgan fingerprint density at radius 2 is 1.91 bits per heavy atom. The fourth-order valence-corrected chi connectivity index (χ4v) is 3.87. The number of hydrogen-bond donors (Lipinski definition) is 1. The molecule has 1 aliphatic rings. The molecule has 5 rings (SSSR count). The van der Waals surface area contributed by atoms with Crippen LogP contribution in [-0.2, 0) is 6.54 Å². The summed E-state index contributed by atoms with van der Waals surface area (Å²) in [6.45, 7) is 3.09. The van der Waals surface area contributed by atoms with Gasteiger partial charge < -0.3 is 19.1 Å². The SMILES string of the molecule is COc1ccc(-c2noc(CN3CCN(C(=O)c4cc5cc(F)ccc5[nH]4)CC3)n2)cc1. The minimum atomic E-state index is -0.319. The van der Waals surface area contributed by atoms with E-state index in [4.69, 9.17) is 9.26 Å². The Morgan fingerprint density at radius 1 is 1.12 bits per heavy atom. The van der Waals surface area contributed by atoms with Crippen molar-refractivity contribution in [2.24, 2.45) is 0 Å². The third-order valence-corrected chi connectivity index (χ3v) is 5.65. The van der Waals surface area contributed by atoms with Crippen LogP contribution in [0.3, 0.4) is 0 Å². The molecule has 0 aliphatic carbocycles. The molecule has 164 valence electrons. The first-order chi connectivity index (χ1) is 15.6. The molecule has 0 spiro atoms. The second-order valence-corrected chi connectivity index (χ2v) is 7.72. The third kappa shape index (κ3) is 4.06. The Balaban J connectivity index is 1.18. The first-order valence-electron chi connectivity index (χ1n) is 10.4. The van der Waals surface area contributed by atoms with Crippen LogP contribution < -0.4 is 4.74 Å². The number of H-pyrrole nitrogens is 1. The lowest BCUT2D eigenvalue weighted by molar-refractivity contribution is 0.0610. The number of benzene rings is 2. The quantitative estimate of drug-likeness (QED) is 0.518. The van der Waals surface area contributed by atoms with Gasteiger partial charge >= 0.3 is 0 Å². The summed E-state index contributed by atoms with van der Waals surface area (Å²) in [6, 6.07) is 13.6. The number of amides is 1. The molecule has 2 aromatic carbocycles. The zero-order valence-electron chi connectivity index (χ0n) is 17.5. The monoisotopic (exact) mass is 435 g/mol. The molecule has 3 heterocycles. The van der Waals surface area contributed by atoms with E-state index in [-0.39, 0.29) is 11.7 Å². The third-order valence-electron chi connectivity index (χ3n) is 5.65. The maximum Gasteiger partial charge on any atom is 0.270 e. The lowest BCUT2D eigenvalue weighted by Crippen LogP contribution is -2.48. The van der Waals surface area contributed by atoms with Gasteiger partial charge in [-0.1, -0.05) is 5.16 Å². The van der Waals surface area contributed by atoms with Gasteiger partial charge in [0.1, 0.15) is 17.3 Å². The molecule has 0 bridgehead atoms. The molecule has 0 atom stereocenters. The molecule has 2 aromatic heterocycles. The maximum atomic E-state index is 13.4. The minimum Gasteiger partial charge on any atom is -0.497 e. The van der Waals surface area contributed by atoms with Gasteiger partial charge in [0.2, 0.25) is 11.7 Å². The maximum absolute atomic E-state index is 13.4. The number of ether oxygens (including phenoxy) is 1. The van der Waals surface area contributed by atoms with Crippen molar-refractivity contribution in [3.8, 4) is 17.1 Å². The highest BCUT2D eigenvalue weighted by Crippen LogP contribution is 2.21. The zero-order chi connectivity index (χ0) is 22.1. The smallest absolute Gasteiger partial charge is 0.270 e. The van der Waals surface area contributed by atoms with E-state index < -0.39 is 0 Å². The number of halogens is 1. The Labute approximate surface area is 183 Å². The molecule has 4 aromatic rings. The van der Waals surface area contributed by atoms with Gasteiger partial charge in [0.25, 0.3) is 5.91 Å². The Bertz CT molecular complexity index is 1240. The van der Waals surface area contributed by atoms with Gasteiger partial charge in [0.05, 0.1) is 13.7 Å². The second kappa shape index (κ2) is 8.43. The number of piperazine rings is 1. The van der Waals surface area contributed by atoms with Crippen molar-refractivity contribution in [2.45, 2.75) is 6.54 Å². The topological polar surface area (TPSA) is 87.5 Å². The number of hydrogen-bond acceptors (Lipinski definition) is 6. The number of aromatic amines is 1. The number of rotatable bonds is 5. The summed E-state index contributed by atoms with van der Waals surface area (Å²) in [7, 11) is 1.62. The fourth-order valence-electron chi connectivity index (χ4n) is 3.87. The van der Waals surface area contributed by atoms with Crippen LogP contribution in [0.15, 0.2) is 53.1 Å². The van der Waals surface area contributed by atoms with Gasteiger partial charge in [-0.15, -0.1) is 0 Å². The molecule has 1 fully saturated rings. The Hall–Kier alpha value is -3.72. The fraction of sp³-hybridized carbons (Fsp3) is 0.261. The molecule has 0 unspecified atom stereocenters. The molecular formula is C23H22FN5O3. The van der Waals surface area contributed by atoms with Gasteiger partial charge in [-0.25, -0.2) is 4.39 Å². The highest BCUT2D eigenvalue weighted by molar-refractivity contribution is 5.98. The molecule has 1 amide bonds. The van der Waals surface area contributed by atoms with Crippen molar-refractivity contribution in [3.05, 3.63) is 65.9 Å². The molecule has 32 heavy (non-hydrogen) atoms. The minimum absolute atomic E-state index is 0.0826. The highest BCUT2D eigenvalue weighted by Gasteiger charge is 2.24. The van der Waals surface area contributed by atoms with Crippen molar-refractivity contribution in [1.82, 2.24) is 24.9 Å². The van der Waals surface area contributed by atoms with E-state index in [1.807, 2.05) is 24.3 Å². The van der Waals surface area contributed by atoms with Crippen LogP contribution in [0.4, 0.5) is 4.39 Å². The lowest BCUT2D eigenvalue weighted by atomic mass is 10.2. The summed E-state index contributed by atoms with van der Waals surface area (Å²) in [4.78, 5) is 24.4. The second-order valence-electron chi connectivity index (χ2n) is 7.72. The van der Waals surface area contributed by atoms with Crippen molar-refractivity contribution < 1.29 is 18.4 Å². The van der Waals surface area contributed by atoms with E-state index in [1.165, 1.54) is 12.1 Å². The molecular weight excluding hydrogens is 413 g/mol. The highest BCUT2D eigenvalue weighted by atomic mass is 19.1. The van der Waals surface area contributed by atoms with E-state index >= 15 is 0 Å². The zero-order valence-corrected chi connectivity index (χ0v) is 17.5. The summed E-state index contributed by atoms with van der Waals surface area (Å²) in [5.74, 6) is 1.44. The average molecular weight is 435 g/mol. The Morgan fingerprint density at radius 3 is 2.66 bits per heavy atom. The first kappa shape index (κ1) is 20.2. The summed E-state index contributed by atoms with van der Waals surface area (Å²) < 4.78 is 24.0. The van der Waals surface area contributed by atoms with Crippen molar-refractivity contribution in [3.63, 3.8) is 0 Å². The predicted molar refractivity (Wildman–Crippen MR) is 116 cm³/mol. The van der Waals surface area contributed by atoms with E-state index in [9.17, 15) is 9.18 Å². The van der Waals surface area contributed by atoms with E-state index in [2.05, 4.69) is 20.0 Å². The lowest BCUT2D eigenvalue weighted by Gasteiger charge is -2.33. The summed E-state index contributed by atoms with van der Waals surface area (Å²) in [5, 5.41) is 4.76. The summed E-state index contributed by atoms with van der Waals surface area (Å²) in [6.07, 6.45) is 0. The molecule has 0 radical (unpaired) electrons. The van der Waals surface area contributed by atoms with Crippen LogP contribution in [0, 0.1) is 5.82 Å². The van der Waals surface area contributed by atoms with Crippen LogP contribution in [-0.4, -0.2) is 64.1 Å². The normalized spacial score (nSPS) is 14.8. The summed E-state index contributed by atoms with van der Waals surface area (Å²) >= 11 is 0. The number of methoxy groups -OCH3 is 1. The van der Waals surface area contributed by atoms with Gasteiger partial charge in [-0.3, -0.25) is 9.69 Å². The van der Waals surface area contributed by atoms with Crippen LogP contribution in [0.5, 0.6) is 5.75 Å². The van der Waals surface area contributed by atoms with E-state index in [1.54, 1.807) is 24.1 Å². The van der Waals surface area contributed by atoms with Crippen LogP contribution >= 0.6 is 0 Å². The molecule has 1 aliphatic heterocycles. The van der Waals surface area contributed by atoms with Crippen molar-refractivity contribution in [1.29, 1.82) is 0 Å². The molecule has 0 saturated carbocycles. The standard InChI is InChI=1S/C23H22FN5O3/c1-31-18-5-2-15(3-6-18)22-26-21(32-27-22)14-28-8-10-29(11-9-28)23(30)20-13-16-12-17(24)4-7-19(16)25-20/h2-7,12-13,25H,8-11,14H2,1H3. The molecule has 8 nitrogen and oxygen atoms in total. The Kier molecular flexibility index (Phi) is 5.32. The van der Waals surface area contributed by atoms with Gasteiger partial charge in [-0.05, 0) is 48.5 Å². The van der Waals surface area contributed by atoms with E-state index in [0.717, 1.165) is 16.8 Å². The van der Waals surface area contributed by atoms with Crippen molar-refractivity contribution >= 4 is 16.8 Å². The molecule has 9 heteroatoms. The molecule has 1 N–H and O–H groups in total. The number of nitrogens with zero attached hydrogens (tertiary/aromatic N) is 4. The van der Waals surface area contributed by atoms with E-state index in [0.29, 0.717) is 55.5 Å². The summed E-state index contributed by atoms with van der Waals surface area (Å²) in [5.41, 5.74) is 2.08. The van der Waals surface area contributed by atoms with Crippen LogP contribution in [0.25, 0.3) is 22.3 Å². The molecule has 1 saturated heterocycles. The predicted octanol–water partition coefficient (Wildman–Crippen LogP) is 3.32. The number of nitrogens with one attached hydrogen (secondary N) is 1. The van der Waals surface area contributed by atoms with Gasteiger partial charge in [-0.2, -0.15) is 4.98 Å². The van der Waals surface area contributed by atoms with Gasteiger partial charge in [0.15, 0.2) is 0 Å². The van der Waals surface area contributed by atoms with Gasteiger partial charge in [0, 0.05) is 42.6 Å². The van der Waals surface area contributed by atoms with Crippen molar-refractivity contribution in [2.75, 3.05) is 33.3 Å². The van der Waals surface area contributed by atoms with Crippen LogP contribution in [0.2, 0.25) is 0 Å². The average Bonchev–Trinajstić information content (AvgIpc) is 3.46. The van der Waals surface area contributed by atoms with Crippen LogP contribution in [0.1, 0.15) is 16.4 Å². The largest absolute Gasteiger partial charge is 0.497 e.